The Bertz CT molecular complexity index is 818. The molecule has 5 heteroatoms. The molecule has 2 aromatic carbocycles. The smallest absolute Gasteiger partial charge is 0.335 e. The highest BCUT2D eigenvalue weighted by Crippen LogP contribution is 2.44. The maximum atomic E-state index is 11.0. The van der Waals surface area contributed by atoms with Crippen molar-refractivity contribution in [3.63, 3.8) is 0 Å². The van der Waals surface area contributed by atoms with Crippen molar-refractivity contribution in [2.75, 3.05) is 0 Å². The van der Waals surface area contributed by atoms with Crippen molar-refractivity contribution >= 4 is 12.2 Å². The molecular formula is C23H25NO4. The van der Waals surface area contributed by atoms with Crippen LogP contribution in [0.2, 0.25) is 0 Å². The molecule has 0 aliphatic carbocycles. The van der Waals surface area contributed by atoms with Crippen molar-refractivity contribution in [2.24, 2.45) is 17.0 Å². The molecule has 2 heterocycles. The topological polar surface area (TPSA) is 68.1 Å². The van der Waals surface area contributed by atoms with Gasteiger partial charge in [-0.05, 0) is 54.9 Å². The van der Waals surface area contributed by atoms with E-state index in [9.17, 15) is 4.79 Å². The lowest BCUT2D eigenvalue weighted by Crippen LogP contribution is -2.28. The molecule has 2 aliphatic rings. The maximum Gasteiger partial charge on any atom is 0.335 e. The van der Waals surface area contributed by atoms with Gasteiger partial charge in [0.25, 0.3) is 0 Å². The summed E-state index contributed by atoms with van der Waals surface area (Å²) in [7, 11) is 0. The van der Waals surface area contributed by atoms with Crippen molar-refractivity contribution in [1.82, 2.24) is 0 Å². The van der Waals surface area contributed by atoms with Crippen LogP contribution in [0, 0.1) is 11.8 Å². The van der Waals surface area contributed by atoms with E-state index in [1.165, 1.54) is 0 Å². The van der Waals surface area contributed by atoms with Crippen LogP contribution in [0.4, 0.5) is 0 Å². The number of benzene rings is 2. The van der Waals surface area contributed by atoms with Gasteiger partial charge < -0.3 is 14.7 Å². The van der Waals surface area contributed by atoms with E-state index in [0.29, 0.717) is 24.2 Å². The predicted octanol–water partition coefficient (Wildman–Crippen LogP) is 4.31. The van der Waals surface area contributed by atoms with E-state index in [4.69, 9.17) is 14.7 Å². The van der Waals surface area contributed by atoms with Crippen LogP contribution in [0.1, 0.15) is 40.7 Å². The van der Waals surface area contributed by atoms with Crippen molar-refractivity contribution in [3.8, 4) is 0 Å². The number of aromatic carboxylic acids is 1. The van der Waals surface area contributed by atoms with Gasteiger partial charge in [0.1, 0.15) is 6.61 Å². The maximum absolute atomic E-state index is 11.0. The third-order valence-electron chi connectivity index (χ3n) is 5.84. The standard InChI is InChI=1S/C23H25NO4/c25-23(26)18-9-6-16(7-10-18)8-11-19-20(22-13-12-21(19)28-22)14-24-27-15-17-4-2-1-3-5-17/h1-7,9-10,14,19-22H,8,11-13,15H2,(H,25,26)/t19-,20-,21-,22+/m1/s1. The summed E-state index contributed by atoms with van der Waals surface area (Å²) in [6.07, 6.45) is 6.59. The molecule has 0 saturated carbocycles. The van der Waals surface area contributed by atoms with Crippen LogP contribution in [0.15, 0.2) is 59.8 Å². The molecule has 4 atom stereocenters. The van der Waals surface area contributed by atoms with Gasteiger partial charge in [0.2, 0.25) is 0 Å². The number of hydrogen-bond donors (Lipinski definition) is 1. The van der Waals surface area contributed by atoms with Gasteiger partial charge >= 0.3 is 5.97 Å². The summed E-state index contributed by atoms with van der Waals surface area (Å²) >= 11 is 0. The number of rotatable bonds is 8. The van der Waals surface area contributed by atoms with Gasteiger partial charge in [0.15, 0.2) is 0 Å². The van der Waals surface area contributed by atoms with Crippen LogP contribution in [-0.4, -0.2) is 29.5 Å². The number of aryl methyl sites for hydroxylation is 1. The third-order valence-corrected chi connectivity index (χ3v) is 5.84. The van der Waals surface area contributed by atoms with Crippen LogP contribution in [0.3, 0.4) is 0 Å². The lowest BCUT2D eigenvalue weighted by atomic mass is 9.77. The molecule has 0 unspecified atom stereocenters. The molecule has 2 bridgehead atoms. The summed E-state index contributed by atoms with van der Waals surface area (Å²) in [5.74, 6) is -0.172. The Morgan fingerprint density at radius 1 is 1.07 bits per heavy atom. The Kier molecular flexibility index (Phi) is 5.72. The van der Waals surface area contributed by atoms with E-state index in [1.54, 1.807) is 12.1 Å². The minimum absolute atomic E-state index is 0.244. The highest BCUT2D eigenvalue weighted by Gasteiger charge is 2.47. The zero-order valence-corrected chi connectivity index (χ0v) is 15.7. The number of carboxylic acids is 1. The number of carboxylic acid groups (broad SMARTS) is 1. The normalized spacial score (nSPS) is 26.0. The SMILES string of the molecule is O=C(O)c1ccc(CC[C@@H]2[C@@H](C=NOCc3ccccc3)[C@@H]3CC[C@H]2O3)cc1. The van der Waals surface area contributed by atoms with Gasteiger partial charge in [-0.1, -0.05) is 47.6 Å². The molecule has 4 rings (SSSR count). The van der Waals surface area contributed by atoms with Gasteiger partial charge in [-0.25, -0.2) is 4.79 Å². The Morgan fingerprint density at radius 2 is 1.82 bits per heavy atom. The van der Waals surface area contributed by atoms with Crippen LogP contribution < -0.4 is 0 Å². The Labute approximate surface area is 165 Å². The van der Waals surface area contributed by atoms with Crippen LogP contribution in [0.5, 0.6) is 0 Å². The molecule has 2 fully saturated rings. The first-order chi connectivity index (χ1) is 13.7. The second kappa shape index (κ2) is 8.57. The Hall–Kier alpha value is -2.66. The average molecular weight is 379 g/mol. The second-order valence-corrected chi connectivity index (χ2v) is 7.59. The van der Waals surface area contributed by atoms with E-state index in [0.717, 1.165) is 36.8 Å². The number of ether oxygens (including phenoxy) is 1. The fourth-order valence-electron chi connectivity index (χ4n) is 4.34. The largest absolute Gasteiger partial charge is 0.478 e. The number of oxime groups is 1. The van der Waals surface area contributed by atoms with Crippen LogP contribution >= 0.6 is 0 Å². The van der Waals surface area contributed by atoms with E-state index < -0.39 is 5.97 Å². The Morgan fingerprint density at radius 3 is 2.57 bits per heavy atom. The van der Waals surface area contributed by atoms with Crippen molar-refractivity contribution in [2.45, 2.75) is 44.5 Å². The number of hydrogen-bond acceptors (Lipinski definition) is 4. The average Bonchev–Trinajstić information content (AvgIpc) is 3.32. The molecule has 1 N–H and O–H groups in total. The molecule has 2 saturated heterocycles. The first kappa shape index (κ1) is 18.7. The summed E-state index contributed by atoms with van der Waals surface area (Å²) in [6.45, 7) is 0.472. The number of carbonyl (C=O) groups is 1. The second-order valence-electron chi connectivity index (χ2n) is 7.59. The predicted molar refractivity (Wildman–Crippen MR) is 106 cm³/mol. The number of nitrogens with zero attached hydrogens (tertiary/aromatic N) is 1. The summed E-state index contributed by atoms with van der Waals surface area (Å²) < 4.78 is 6.13. The third kappa shape index (κ3) is 4.25. The molecule has 0 spiro atoms. The summed E-state index contributed by atoms with van der Waals surface area (Å²) in [5.41, 5.74) is 2.58. The fraction of sp³-hybridized carbons (Fsp3) is 0.391. The monoisotopic (exact) mass is 379 g/mol. The summed E-state index contributed by atoms with van der Waals surface area (Å²) in [5, 5.41) is 13.3. The first-order valence-corrected chi connectivity index (χ1v) is 9.88. The van der Waals surface area contributed by atoms with Crippen LogP contribution in [0.25, 0.3) is 0 Å². The molecule has 2 aromatic rings. The molecule has 146 valence electrons. The van der Waals surface area contributed by atoms with E-state index in [-0.39, 0.29) is 12.0 Å². The first-order valence-electron chi connectivity index (χ1n) is 9.88. The quantitative estimate of drug-likeness (QED) is 0.548. The van der Waals surface area contributed by atoms with Gasteiger partial charge in [-0.15, -0.1) is 0 Å². The van der Waals surface area contributed by atoms with Crippen molar-refractivity contribution < 1.29 is 19.5 Å². The van der Waals surface area contributed by atoms with E-state index in [1.807, 2.05) is 48.7 Å². The molecular weight excluding hydrogens is 354 g/mol. The molecule has 5 nitrogen and oxygen atoms in total. The summed E-state index contributed by atoms with van der Waals surface area (Å²) in [6, 6.07) is 17.2. The highest BCUT2D eigenvalue weighted by atomic mass is 16.6. The van der Waals surface area contributed by atoms with Crippen molar-refractivity contribution in [1.29, 1.82) is 0 Å². The molecule has 0 aromatic heterocycles. The van der Waals surface area contributed by atoms with E-state index >= 15 is 0 Å². The molecule has 2 aliphatic heterocycles. The lowest BCUT2D eigenvalue weighted by molar-refractivity contribution is 0.0697. The zero-order valence-electron chi connectivity index (χ0n) is 15.7. The molecule has 28 heavy (non-hydrogen) atoms. The van der Waals surface area contributed by atoms with Gasteiger partial charge in [0, 0.05) is 12.1 Å². The van der Waals surface area contributed by atoms with Gasteiger partial charge in [0.05, 0.1) is 17.8 Å². The summed E-state index contributed by atoms with van der Waals surface area (Å²) in [4.78, 5) is 16.5. The van der Waals surface area contributed by atoms with Crippen LogP contribution in [-0.2, 0) is 22.6 Å². The minimum atomic E-state index is -0.889. The highest BCUT2D eigenvalue weighted by molar-refractivity contribution is 5.87. The molecule has 0 radical (unpaired) electrons. The van der Waals surface area contributed by atoms with Gasteiger partial charge in [-0.2, -0.15) is 0 Å². The van der Waals surface area contributed by atoms with Crippen molar-refractivity contribution in [3.05, 3.63) is 71.3 Å². The lowest BCUT2D eigenvalue weighted by Gasteiger charge is -2.24. The minimum Gasteiger partial charge on any atom is -0.478 e. The number of fused-ring (bicyclic) bond motifs is 2. The molecule has 0 amide bonds. The van der Waals surface area contributed by atoms with Gasteiger partial charge in [-0.3, -0.25) is 0 Å². The Balaban J connectivity index is 1.33. The van der Waals surface area contributed by atoms with E-state index in [2.05, 4.69) is 5.16 Å². The zero-order chi connectivity index (χ0) is 19.3. The fourth-order valence-corrected chi connectivity index (χ4v) is 4.34.